The molecule has 0 bridgehead atoms. The van der Waals surface area contributed by atoms with E-state index in [0.717, 1.165) is 22.4 Å². The van der Waals surface area contributed by atoms with Crippen LogP contribution in [-0.2, 0) is 4.79 Å². The van der Waals surface area contributed by atoms with E-state index in [1.54, 1.807) is 20.3 Å². The van der Waals surface area contributed by atoms with Gasteiger partial charge in [0.25, 0.3) is 5.91 Å². The molecule has 2 aromatic rings. The Morgan fingerprint density at radius 3 is 2.46 bits per heavy atom. The maximum Gasteiger partial charge on any atom is 0.275 e. The number of nitrogens with zero attached hydrogens (tertiary/aromatic N) is 1. The Bertz CT molecular complexity index is 836. The smallest absolute Gasteiger partial charge is 0.275 e. The summed E-state index contributed by atoms with van der Waals surface area (Å²) >= 11 is 0. The molecule has 122 valence electrons. The van der Waals surface area contributed by atoms with Gasteiger partial charge in [0.15, 0.2) is 0 Å². The highest BCUT2D eigenvalue weighted by Crippen LogP contribution is 2.24. The van der Waals surface area contributed by atoms with Crippen molar-refractivity contribution in [3.63, 3.8) is 0 Å². The first-order valence-electron chi connectivity index (χ1n) is 7.51. The first-order valence-corrected chi connectivity index (χ1v) is 7.51. The molecule has 0 aliphatic carbocycles. The van der Waals surface area contributed by atoms with Crippen molar-refractivity contribution >= 4 is 17.8 Å². The third kappa shape index (κ3) is 3.15. The molecule has 0 saturated carbocycles. The number of carbonyl (C=O) groups excluding carboxylic acids is 1. The van der Waals surface area contributed by atoms with Crippen LogP contribution in [-0.4, -0.2) is 26.0 Å². The van der Waals surface area contributed by atoms with Crippen molar-refractivity contribution in [2.24, 2.45) is 4.99 Å². The number of rotatable bonds is 4. The van der Waals surface area contributed by atoms with Crippen LogP contribution in [0.25, 0.3) is 6.08 Å². The minimum Gasteiger partial charge on any atom is -0.497 e. The molecule has 2 aromatic carbocycles. The summed E-state index contributed by atoms with van der Waals surface area (Å²) in [5.41, 5.74) is 3.08. The minimum absolute atomic E-state index is 0.232. The van der Waals surface area contributed by atoms with Crippen molar-refractivity contribution < 1.29 is 14.3 Å². The highest BCUT2D eigenvalue weighted by atomic mass is 16.5. The molecule has 0 spiro atoms. The highest BCUT2D eigenvalue weighted by Gasteiger charge is 2.21. The van der Waals surface area contributed by atoms with Crippen molar-refractivity contribution in [3.8, 4) is 11.5 Å². The van der Waals surface area contributed by atoms with Crippen molar-refractivity contribution in [2.75, 3.05) is 14.2 Å². The summed E-state index contributed by atoms with van der Waals surface area (Å²) in [5.74, 6) is 1.75. The van der Waals surface area contributed by atoms with Gasteiger partial charge >= 0.3 is 0 Å². The van der Waals surface area contributed by atoms with Gasteiger partial charge < -0.3 is 14.8 Å². The Kier molecular flexibility index (Phi) is 4.33. The van der Waals surface area contributed by atoms with Crippen LogP contribution in [0.5, 0.6) is 11.5 Å². The number of amidine groups is 1. The Labute approximate surface area is 140 Å². The quantitative estimate of drug-likeness (QED) is 0.881. The third-order valence-electron chi connectivity index (χ3n) is 3.74. The van der Waals surface area contributed by atoms with Crippen LogP contribution in [0.1, 0.15) is 16.7 Å². The Hall–Kier alpha value is -3.08. The molecular formula is C19H18N2O3. The molecule has 3 rings (SSSR count). The molecule has 1 heterocycles. The van der Waals surface area contributed by atoms with Gasteiger partial charge in [0, 0.05) is 11.1 Å². The summed E-state index contributed by atoms with van der Waals surface area (Å²) in [6.07, 6.45) is 1.73. The van der Waals surface area contributed by atoms with Gasteiger partial charge in [0.05, 0.1) is 14.2 Å². The van der Waals surface area contributed by atoms with Crippen LogP contribution >= 0.6 is 0 Å². The molecule has 0 atom stereocenters. The maximum atomic E-state index is 12.2. The lowest BCUT2D eigenvalue weighted by Gasteiger charge is -2.05. The summed E-state index contributed by atoms with van der Waals surface area (Å²) < 4.78 is 10.5. The minimum atomic E-state index is -0.232. The Balaban J connectivity index is 1.95. The van der Waals surface area contributed by atoms with Gasteiger partial charge in [-0.05, 0) is 49.4 Å². The average molecular weight is 322 g/mol. The van der Waals surface area contributed by atoms with Crippen LogP contribution in [0.15, 0.2) is 53.2 Å². The number of methoxy groups -OCH3 is 2. The van der Waals surface area contributed by atoms with Crippen molar-refractivity contribution in [2.45, 2.75) is 6.92 Å². The average Bonchev–Trinajstić information content (AvgIpc) is 2.96. The van der Waals surface area contributed by atoms with E-state index in [1.807, 2.05) is 49.4 Å². The molecule has 0 radical (unpaired) electrons. The zero-order valence-corrected chi connectivity index (χ0v) is 13.8. The third-order valence-corrected chi connectivity index (χ3v) is 3.74. The number of hydrogen-bond acceptors (Lipinski definition) is 4. The van der Waals surface area contributed by atoms with Gasteiger partial charge in [-0.25, -0.2) is 4.99 Å². The van der Waals surface area contributed by atoms with Crippen LogP contribution in [0.3, 0.4) is 0 Å². The number of aryl methyl sites for hydroxylation is 1. The predicted molar refractivity (Wildman–Crippen MR) is 93.4 cm³/mol. The van der Waals surface area contributed by atoms with E-state index in [4.69, 9.17) is 9.47 Å². The second-order valence-corrected chi connectivity index (χ2v) is 5.42. The monoisotopic (exact) mass is 322 g/mol. The summed E-state index contributed by atoms with van der Waals surface area (Å²) in [6.45, 7) is 1.99. The van der Waals surface area contributed by atoms with Gasteiger partial charge in [0.2, 0.25) is 0 Å². The standard InChI is InChI=1S/C19H18N2O3/c1-12-4-9-17(24-3)14(10-12)11-16-19(22)21-18(20-16)13-5-7-15(23-2)8-6-13/h4-11H,1-3H3,(H,20,21,22)/b16-11+. The van der Waals surface area contributed by atoms with E-state index < -0.39 is 0 Å². The number of aliphatic imine (C=N–C) groups is 1. The largest absolute Gasteiger partial charge is 0.497 e. The number of ether oxygens (including phenoxy) is 2. The fourth-order valence-electron chi connectivity index (χ4n) is 2.47. The van der Waals surface area contributed by atoms with E-state index in [2.05, 4.69) is 10.3 Å². The second-order valence-electron chi connectivity index (χ2n) is 5.42. The van der Waals surface area contributed by atoms with E-state index in [0.29, 0.717) is 17.3 Å². The normalized spacial score (nSPS) is 15.2. The van der Waals surface area contributed by atoms with Crippen molar-refractivity contribution in [1.82, 2.24) is 5.32 Å². The molecule has 5 nitrogen and oxygen atoms in total. The second kappa shape index (κ2) is 6.58. The first kappa shape index (κ1) is 15.8. The highest BCUT2D eigenvalue weighted by molar-refractivity contribution is 6.19. The lowest BCUT2D eigenvalue weighted by molar-refractivity contribution is -0.115. The van der Waals surface area contributed by atoms with Crippen molar-refractivity contribution in [1.29, 1.82) is 0 Å². The zero-order valence-electron chi connectivity index (χ0n) is 13.8. The zero-order chi connectivity index (χ0) is 17.1. The van der Waals surface area contributed by atoms with E-state index in [-0.39, 0.29) is 5.91 Å². The van der Waals surface area contributed by atoms with E-state index >= 15 is 0 Å². The molecular weight excluding hydrogens is 304 g/mol. The summed E-state index contributed by atoms with van der Waals surface area (Å²) in [7, 11) is 3.22. The molecule has 1 N–H and O–H groups in total. The van der Waals surface area contributed by atoms with Crippen LogP contribution in [0.2, 0.25) is 0 Å². The van der Waals surface area contributed by atoms with Crippen LogP contribution in [0.4, 0.5) is 0 Å². The number of carbonyl (C=O) groups is 1. The lowest BCUT2D eigenvalue weighted by Crippen LogP contribution is -2.24. The fourth-order valence-corrected chi connectivity index (χ4v) is 2.47. The molecule has 24 heavy (non-hydrogen) atoms. The van der Waals surface area contributed by atoms with Gasteiger partial charge in [-0.1, -0.05) is 11.6 Å². The lowest BCUT2D eigenvalue weighted by atomic mass is 10.1. The van der Waals surface area contributed by atoms with Crippen LogP contribution in [0, 0.1) is 6.92 Å². The van der Waals surface area contributed by atoms with Gasteiger partial charge in [0.1, 0.15) is 23.0 Å². The van der Waals surface area contributed by atoms with Gasteiger partial charge in [-0.3, -0.25) is 4.79 Å². The summed E-state index contributed by atoms with van der Waals surface area (Å²) in [6, 6.07) is 13.2. The van der Waals surface area contributed by atoms with Gasteiger partial charge in [-0.15, -0.1) is 0 Å². The first-order chi connectivity index (χ1) is 11.6. The Morgan fingerprint density at radius 1 is 1.04 bits per heavy atom. The number of benzene rings is 2. The molecule has 0 unspecified atom stereocenters. The molecule has 0 saturated heterocycles. The fraction of sp³-hybridized carbons (Fsp3) is 0.158. The number of amides is 1. The molecule has 1 aliphatic rings. The Morgan fingerprint density at radius 2 is 1.79 bits per heavy atom. The predicted octanol–water partition coefficient (Wildman–Crippen LogP) is 2.93. The maximum absolute atomic E-state index is 12.2. The summed E-state index contributed by atoms with van der Waals surface area (Å²) in [5, 5.41) is 2.79. The van der Waals surface area contributed by atoms with Gasteiger partial charge in [-0.2, -0.15) is 0 Å². The molecule has 1 aliphatic heterocycles. The number of nitrogens with one attached hydrogen (secondary N) is 1. The topological polar surface area (TPSA) is 59.9 Å². The van der Waals surface area contributed by atoms with Crippen LogP contribution < -0.4 is 14.8 Å². The molecule has 0 fully saturated rings. The molecule has 1 amide bonds. The van der Waals surface area contributed by atoms with E-state index in [9.17, 15) is 4.79 Å². The number of hydrogen-bond donors (Lipinski definition) is 1. The SMILES string of the molecule is COc1ccc(C2=N/C(=C/c3cc(C)ccc3OC)C(=O)N2)cc1. The van der Waals surface area contributed by atoms with E-state index in [1.165, 1.54) is 0 Å². The molecule has 5 heteroatoms. The summed E-state index contributed by atoms with van der Waals surface area (Å²) in [4.78, 5) is 16.6. The van der Waals surface area contributed by atoms with Crippen molar-refractivity contribution in [3.05, 3.63) is 64.9 Å². The molecule has 0 aromatic heterocycles.